The molecule has 6 nitrogen and oxygen atoms in total. The number of guanidine groups is 1. The Morgan fingerprint density at radius 2 is 1.87 bits per heavy atom. The molecule has 1 unspecified atom stereocenters. The van der Waals surface area contributed by atoms with E-state index in [9.17, 15) is 5.11 Å². The second kappa shape index (κ2) is 12.9. The third-order valence-corrected chi connectivity index (χ3v) is 4.62. The maximum absolute atomic E-state index is 10.8. The van der Waals surface area contributed by atoms with Gasteiger partial charge in [-0.15, -0.1) is 24.0 Å². The molecule has 166 valence electrons. The predicted molar refractivity (Wildman–Crippen MR) is 133 cm³/mol. The van der Waals surface area contributed by atoms with Crippen LogP contribution in [0.2, 0.25) is 5.02 Å². The summed E-state index contributed by atoms with van der Waals surface area (Å²) in [4.78, 5) is 4.60. The van der Waals surface area contributed by atoms with Gasteiger partial charge in [-0.25, -0.2) is 4.99 Å². The molecule has 1 atom stereocenters. The summed E-state index contributed by atoms with van der Waals surface area (Å²) in [6.45, 7) is 7.57. The predicted octanol–water partition coefficient (Wildman–Crippen LogP) is 4.33. The molecule has 2 rings (SSSR count). The number of nitrogens with one attached hydrogen (secondary N) is 2. The average molecular weight is 548 g/mol. The highest BCUT2D eigenvalue weighted by atomic mass is 127. The lowest BCUT2D eigenvalue weighted by molar-refractivity contribution is 0.0617. The Balaban J connectivity index is 0.00000450. The molecule has 2 aromatic rings. The summed E-state index contributed by atoms with van der Waals surface area (Å²) in [6.07, 6.45) is 0. The number of aliphatic imine (C=N–C) groups is 1. The van der Waals surface area contributed by atoms with Gasteiger partial charge < -0.3 is 25.2 Å². The molecule has 0 radical (unpaired) electrons. The molecule has 0 saturated heterocycles. The summed E-state index contributed by atoms with van der Waals surface area (Å²) >= 11 is 6.34. The van der Waals surface area contributed by atoms with Crippen LogP contribution in [0.5, 0.6) is 11.5 Å². The summed E-state index contributed by atoms with van der Waals surface area (Å²) in [5.41, 5.74) is 0.706. The average Bonchev–Trinajstić information content (AvgIpc) is 2.72. The van der Waals surface area contributed by atoms with Crippen molar-refractivity contribution in [3.8, 4) is 11.5 Å². The summed E-state index contributed by atoms with van der Waals surface area (Å²) < 4.78 is 10.9. The molecular formula is C22H31ClIN3O3. The van der Waals surface area contributed by atoms with E-state index < -0.39 is 5.60 Å². The Morgan fingerprint density at radius 1 is 1.17 bits per heavy atom. The highest BCUT2D eigenvalue weighted by Gasteiger charge is 2.23. The number of halogens is 2. The van der Waals surface area contributed by atoms with Crippen molar-refractivity contribution in [2.75, 3.05) is 26.8 Å². The van der Waals surface area contributed by atoms with E-state index in [4.69, 9.17) is 21.1 Å². The van der Waals surface area contributed by atoms with E-state index >= 15 is 0 Å². The molecule has 0 aliphatic rings. The third-order valence-electron chi connectivity index (χ3n) is 4.34. The lowest BCUT2D eigenvalue weighted by atomic mass is 9.96. The largest absolute Gasteiger partial charge is 0.493 e. The zero-order chi connectivity index (χ0) is 21.3. The summed E-state index contributed by atoms with van der Waals surface area (Å²) in [5.74, 6) is 1.72. The van der Waals surface area contributed by atoms with Crippen LogP contribution >= 0.6 is 35.6 Å². The fourth-order valence-corrected chi connectivity index (χ4v) is 3.10. The molecule has 0 aliphatic carbocycles. The van der Waals surface area contributed by atoms with Crippen LogP contribution < -0.4 is 20.1 Å². The van der Waals surface area contributed by atoms with Crippen molar-refractivity contribution >= 4 is 41.5 Å². The smallest absolute Gasteiger partial charge is 0.191 e. The van der Waals surface area contributed by atoms with Crippen LogP contribution in [0.25, 0.3) is 0 Å². The highest BCUT2D eigenvalue weighted by Crippen LogP contribution is 2.36. The van der Waals surface area contributed by atoms with Crippen molar-refractivity contribution < 1.29 is 14.6 Å². The van der Waals surface area contributed by atoms with Gasteiger partial charge in [0.25, 0.3) is 0 Å². The molecule has 0 saturated carbocycles. The maximum Gasteiger partial charge on any atom is 0.191 e. The van der Waals surface area contributed by atoms with Gasteiger partial charge in [-0.1, -0.05) is 41.9 Å². The Hall–Kier alpha value is -1.71. The number of hydrogen-bond donors (Lipinski definition) is 3. The molecule has 0 aromatic heterocycles. The molecule has 3 N–H and O–H groups in total. The number of rotatable bonds is 9. The first-order chi connectivity index (χ1) is 13.9. The number of hydrogen-bond acceptors (Lipinski definition) is 4. The second-order valence-corrected chi connectivity index (χ2v) is 7.14. The fourth-order valence-electron chi connectivity index (χ4n) is 2.82. The molecule has 30 heavy (non-hydrogen) atoms. The zero-order valence-electron chi connectivity index (χ0n) is 17.9. The molecule has 0 spiro atoms. The topological polar surface area (TPSA) is 75.1 Å². The van der Waals surface area contributed by atoms with Gasteiger partial charge >= 0.3 is 0 Å². The number of ether oxygens (including phenoxy) is 2. The standard InChI is InChI=1S/C22H30ClN3O3.HI/c1-5-24-21(26-15-22(3,27)17-10-8-7-9-11-17)25-14-16-12-18(23)20(29-6-2)19(13-16)28-4;/h7-13,27H,5-6,14-15H2,1-4H3,(H2,24,25,26);1H. The van der Waals surface area contributed by atoms with Crippen molar-refractivity contribution in [1.29, 1.82) is 0 Å². The normalized spacial score (nSPS) is 13.1. The van der Waals surface area contributed by atoms with E-state index in [0.29, 0.717) is 48.7 Å². The van der Waals surface area contributed by atoms with E-state index in [1.54, 1.807) is 14.0 Å². The van der Waals surface area contributed by atoms with E-state index in [0.717, 1.165) is 11.1 Å². The number of aliphatic hydroxyl groups is 1. The molecular weight excluding hydrogens is 517 g/mol. The van der Waals surface area contributed by atoms with Crippen LogP contribution in [0.3, 0.4) is 0 Å². The monoisotopic (exact) mass is 547 g/mol. The van der Waals surface area contributed by atoms with Crippen LogP contribution in [0, 0.1) is 0 Å². The van der Waals surface area contributed by atoms with Gasteiger partial charge in [0.1, 0.15) is 5.60 Å². The number of nitrogens with zero attached hydrogens (tertiary/aromatic N) is 1. The van der Waals surface area contributed by atoms with Gasteiger partial charge in [0.05, 0.1) is 31.8 Å². The van der Waals surface area contributed by atoms with E-state index in [1.165, 1.54) is 0 Å². The maximum atomic E-state index is 10.8. The van der Waals surface area contributed by atoms with Gasteiger partial charge in [0.15, 0.2) is 17.5 Å². The lowest BCUT2D eigenvalue weighted by Gasteiger charge is -2.25. The van der Waals surface area contributed by atoms with Gasteiger partial charge in [-0.2, -0.15) is 0 Å². The van der Waals surface area contributed by atoms with Crippen LogP contribution in [0.1, 0.15) is 31.9 Å². The molecule has 2 aromatic carbocycles. The van der Waals surface area contributed by atoms with Crippen LogP contribution in [0.4, 0.5) is 0 Å². The Labute approximate surface area is 201 Å². The van der Waals surface area contributed by atoms with Gasteiger partial charge in [0, 0.05) is 6.54 Å². The number of benzene rings is 2. The number of methoxy groups -OCH3 is 1. The zero-order valence-corrected chi connectivity index (χ0v) is 21.0. The Kier molecular flexibility index (Phi) is 11.3. The van der Waals surface area contributed by atoms with Crippen molar-refractivity contribution in [2.45, 2.75) is 32.9 Å². The van der Waals surface area contributed by atoms with Crippen molar-refractivity contribution in [1.82, 2.24) is 10.6 Å². The Bertz CT molecular complexity index is 817. The first kappa shape index (κ1) is 26.3. The lowest BCUT2D eigenvalue weighted by Crippen LogP contribution is -2.44. The van der Waals surface area contributed by atoms with Gasteiger partial charge in [-0.05, 0) is 44.0 Å². The summed E-state index contributed by atoms with van der Waals surface area (Å²) in [6, 6.07) is 13.2. The van der Waals surface area contributed by atoms with E-state index in [2.05, 4.69) is 15.6 Å². The van der Waals surface area contributed by atoms with Crippen LogP contribution in [0.15, 0.2) is 47.5 Å². The SMILES string of the molecule is CCNC(=NCc1cc(Cl)c(OCC)c(OC)c1)NCC(C)(O)c1ccccc1.I. The quantitative estimate of drug-likeness (QED) is 0.248. The molecule has 0 bridgehead atoms. The minimum Gasteiger partial charge on any atom is -0.493 e. The Morgan fingerprint density at radius 3 is 2.47 bits per heavy atom. The van der Waals surface area contributed by atoms with Crippen LogP contribution in [-0.4, -0.2) is 37.9 Å². The fraction of sp³-hybridized carbons (Fsp3) is 0.409. The summed E-state index contributed by atoms with van der Waals surface area (Å²) in [5, 5.41) is 17.7. The molecule has 8 heteroatoms. The first-order valence-electron chi connectivity index (χ1n) is 9.70. The molecule has 0 amide bonds. The van der Waals surface area contributed by atoms with Crippen molar-refractivity contribution in [2.24, 2.45) is 4.99 Å². The first-order valence-corrected chi connectivity index (χ1v) is 10.1. The second-order valence-electron chi connectivity index (χ2n) is 6.73. The minimum absolute atomic E-state index is 0. The van der Waals surface area contributed by atoms with Gasteiger partial charge in [0.2, 0.25) is 0 Å². The van der Waals surface area contributed by atoms with E-state index in [1.807, 2.05) is 56.3 Å². The third kappa shape index (κ3) is 7.52. The summed E-state index contributed by atoms with van der Waals surface area (Å²) in [7, 11) is 1.58. The minimum atomic E-state index is -1.02. The molecule has 0 fully saturated rings. The van der Waals surface area contributed by atoms with Crippen LogP contribution in [-0.2, 0) is 12.1 Å². The van der Waals surface area contributed by atoms with Gasteiger partial charge in [-0.3, -0.25) is 0 Å². The molecule has 0 heterocycles. The highest BCUT2D eigenvalue weighted by molar-refractivity contribution is 14.0. The van der Waals surface area contributed by atoms with Crippen molar-refractivity contribution in [3.63, 3.8) is 0 Å². The van der Waals surface area contributed by atoms with Crippen molar-refractivity contribution in [3.05, 3.63) is 58.6 Å². The van der Waals surface area contributed by atoms with E-state index in [-0.39, 0.29) is 24.0 Å². The molecule has 0 aliphatic heterocycles.